The first-order chi connectivity index (χ1) is 44.3. The van der Waals surface area contributed by atoms with Gasteiger partial charge in [0.15, 0.2) is 11.6 Å². The molecule has 95 heavy (non-hydrogen) atoms. The molecule has 2 aliphatic rings. The number of unbranched alkanes of at least 4 members (excludes halogenated alkanes) is 1. The molecule has 2 aliphatic heterocycles. The van der Waals surface area contributed by atoms with Crippen molar-refractivity contribution in [3.8, 4) is 0 Å². The van der Waals surface area contributed by atoms with Gasteiger partial charge in [-0.1, -0.05) is 109 Å². The van der Waals surface area contributed by atoms with E-state index in [4.69, 9.17) is 9.47 Å². The number of hydrogen-bond donors (Lipinski definition) is 4. The number of amides is 9. The molecular weight excluding hydrogens is 1220 g/mol. The fourth-order valence-electron chi connectivity index (χ4n) is 12.7. The van der Waals surface area contributed by atoms with Crippen molar-refractivity contribution in [3.63, 3.8) is 0 Å². The van der Waals surface area contributed by atoms with Crippen LogP contribution in [0, 0.1) is 47.3 Å². The number of likely N-dealkylation sites (N-methyl/N-ethyl adjacent to an activating group) is 6. The Morgan fingerprint density at radius 3 is 1.57 bits per heavy atom. The SMILES string of the molecule is CC/C=C\C[C@@H](C)[C@@H](O)[C@@H]1NC(=O)[C@H](C(C)C)N(C)C(=O)[C@H](CC(C)C)N(C)C(=O)[C@H](CC(C)C)N(C)C(=O)[C@@H](C)NC(=O)[C@H](C)CC(=O)[C@H](CC(C)C)N(C)C(=O)[C@H](C(C)C)CC(=O)[C@H]([C@@H](C)OCCCCN2CCOCC2)N(C)C(=O)[C@@H](C)N(C)C(=O)[C@H](CC)NC1=O. The van der Waals surface area contributed by atoms with Gasteiger partial charge in [0.1, 0.15) is 48.3 Å². The number of aliphatic hydroxyl groups is 1. The monoisotopic (exact) mass is 1340 g/mol. The lowest BCUT2D eigenvalue weighted by Crippen LogP contribution is -2.63. The summed E-state index contributed by atoms with van der Waals surface area (Å²) in [7, 11) is 8.71. The van der Waals surface area contributed by atoms with Gasteiger partial charge in [0.25, 0.3) is 0 Å². The van der Waals surface area contributed by atoms with Gasteiger partial charge in [-0.2, -0.15) is 0 Å². The summed E-state index contributed by atoms with van der Waals surface area (Å²) in [6.07, 6.45) is 3.63. The van der Waals surface area contributed by atoms with E-state index in [1.807, 2.05) is 60.6 Å². The van der Waals surface area contributed by atoms with Gasteiger partial charge >= 0.3 is 0 Å². The van der Waals surface area contributed by atoms with E-state index in [2.05, 4.69) is 20.9 Å². The van der Waals surface area contributed by atoms with E-state index in [0.717, 1.165) is 31.0 Å². The molecule has 2 fully saturated rings. The van der Waals surface area contributed by atoms with Gasteiger partial charge in [0.2, 0.25) is 53.2 Å². The van der Waals surface area contributed by atoms with Crippen molar-refractivity contribution in [1.82, 2.24) is 50.2 Å². The van der Waals surface area contributed by atoms with Crippen LogP contribution in [0.1, 0.15) is 182 Å². The summed E-state index contributed by atoms with van der Waals surface area (Å²) in [5, 5.41) is 20.4. The molecule has 0 bridgehead atoms. The highest BCUT2D eigenvalue weighted by Crippen LogP contribution is 2.28. The molecule has 2 rings (SSSR count). The Hall–Kier alpha value is -5.85. The topological polar surface area (TPSA) is 285 Å². The van der Waals surface area contributed by atoms with Gasteiger partial charge in [-0.25, -0.2) is 0 Å². The molecule has 4 N–H and O–H groups in total. The fraction of sp³-hybridized carbons (Fsp3) is 0.817. The van der Waals surface area contributed by atoms with Gasteiger partial charge in [0, 0.05) is 86.7 Å². The Kier molecular flexibility index (Phi) is 36.6. The Labute approximate surface area is 569 Å². The van der Waals surface area contributed by atoms with E-state index < -0.39 is 161 Å². The number of nitrogens with zero attached hydrogens (tertiary/aromatic N) is 7. The van der Waals surface area contributed by atoms with E-state index in [1.165, 1.54) is 80.6 Å². The third kappa shape index (κ3) is 25.2. The Morgan fingerprint density at radius 1 is 0.537 bits per heavy atom. The molecule has 9 amide bonds. The molecule has 544 valence electrons. The third-order valence-corrected chi connectivity index (χ3v) is 19.0. The summed E-state index contributed by atoms with van der Waals surface area (Å²) in [6, 6.07) is -11.3. The summed E-state index contributed by atoms with van der Waals surface area (Å²) >= 11 is 0. The molecule has 0 saturated carbocycles. The molecule has 2 saturated heterocycles. The maximum absolute atomic E-state index is 15.2. The van der Waals surface area contributed by atoms with Gasteiger partial charge in [-0.3, -0.25) is 57.6 Å². The number of carbonyl (C=O) groups excluding carboxylic acids is 11. The van der Waals surface area contributed by atoms with Crippen molar-refractivity contribution in [3.05, 3.63) is 12.2 Å². The lowest BCUT2D eigenvalue weighted by atomic mass is 9.85. The molecule has 0 aromatic carbocycles. The number of Topliss-reactive ketones (excluding diaryl/α,β-unsaturated/α-hetero) is 2. The zero-order valence-electron chi connectivity index (χ0n) is 62.3. The lowest BCUT2D eigenvalue weighted by Gasteiger charge is -2.40. The first-order valence-corrected chi connectivity index (χ1v) is 35.1. The first-order valence-electron chi connectivity index (χ1n) is 35.1. The van der Waals surface area contributed by atoms with Crippen LogP contribution >= 0.6 is 0 Å². The van der Waals surface area contributed by atoms with Crippen molar-refractivity contribution in [2.75, 3.05) is 81.7 Å². The van der Waals surface area contributed by atoms with Crippen LogP contribution in [0.5, 0.6) is 0 Å². The normalized spacial score (nSPS) is 27.6. The van der Waals surface area contributed by atoms with Crippen LogP contribution < -0.4 is 16.0 Å². The number of ketones is 2. The molecule has 0 unspecified atom stereocenters. The molecule has 2 heterocycles. The van der Waals surface area contributed by atoms with Crippen LogP contribution in [0.4, 0.5) is 0 Å². The predicted molar refractivity (Wildman–Crippen MR) is 368 cm³/mol. The highest BCUT2D eigenvalue weighted by atomic mass is 16.5. The average molecular weight is 1340 g/mol. The van der Waals surface area contributed by atoms with Crippen LogP contribution in [0.15, 0.2) is 12.2 Å². The van der Waals surface area contributed by atoms with Crippen LogP contribution in [0.2, 0.25) is 0 Å². The predicted octanol–water partition coefficient (Wildman–Crippen LogP) is 5.36. The zero-order chi connectivity index (χ0) is 72.6. The van der Waals surface area contributed by atoms with Gasteiger partial charge in [-0.15, -0.1) is 0 Å². The van der Waals surface area contributed by atoms with Crippen molar-refractivity contribution in [2.45, 2.75) is 248 Å². The van der Waals surface area contributed by atoms with Crippen molar-refractivity contribution in [2.24, 2.45) is 47.3 Å². The van der Waals surface area contributed by atoms with Crippen LogP contribution in [0.3, 0.4) is 0 Å². The van der Waals surface area contributed by atoms with Crippen molar-refractivity contribution in [1.29, 1.82) is 0 Å². The number of hydrogen-bond acceptors (Lipinski definition) is 15. The van der Waals surface area contributed by atoms with Crippen LogP contribution in [0.25, 0.3) is 0 Å². The lowest BCUT2D eigenvalue weighted by molar-refractivity contribution is -0.154. The second kappa shape index (κ2) is 40.8. The van der Waals surface area contributed by atoms with Gasteiger partial charge in [0.05, 0.1) is 31.5 Å². The number of nitrogens with one attached hydrogen (secondary N) is 3. The summed E-state index contributed by atoms with van der Waals surface area (Å²) in [5.41, 5.74) is 0. The first kappa shape index (κ1) is 85.2. The summed E-state index contributed by atoms with van der Waals surface area (Å²) in [6.45, 7) is 33.9. The Morgan fingerprint density at radius 2 is 1.05 bits per heavy atom. The van der Waals surface area contributed by atoms with Crippen LogP contribution in [-0.2, 0) is 62.2 Å². The van der Waals surface area contributed by atoms with Crippen molar-refractivity contribution >= 4 is 64.7 Å². The van der Waals surface area contributed by atoms with Crippen molar-refractivity contribution < 1.29 is 67.3 Å². The number of allylic oxidation sites excluding steroid dienone is 2. The zero-order valence-corrected chi connectivity index (χ0v) is 62.3. The number of aliphatic hydroxyl groups excluding tert-OH is 1. The molecular formula is C71H126N10O14. The molecule has 24 heteroatoms. The molecule has 0 aromatic heterocycles. The number of morpholine rings is 1. The number of rotatable bonds is 21. The second-order valence-electron chi connectivity index (χ2n) is 29.0. The Bertz CT molecular complexity index is 2560. The molecule has 0 aliphatic carbocycles. The van der Waals surface area contributed by atoms with E-state index in [1.54, 1.807) is 55.4 Å². The quantitative estimate of drug-likeness (QED) is 0.0832. The minimum atomic E-state index is -1.68. The van der Waals surface area contributed by atoms with E-state index in [-0.39, 0.29) is 62.9 Å². The number of carbonyl (C=O) groups is 11. The van der Waals surface area contributed by atoms with Gasteiger partial charge in [-0.05, 0) is 114 Å². The molecule has 0 aromatic rings. The smallest absolute Gasteiger partial charge is 0.245 e. The average Bonchev–Trinajstić information content (AvgIpc) is 0.826. The van der Waals surface area contributed by atoms with E-state index >= 15 is 14.4 Å². The summed E-state index contributed by atoms with van der Waals surface area (Å²) < 4.78 is 11.9. The fourth-order valence-corrected chi connectivity index (χ4v) is 12.7. The molecule has 0 radical (unpaired) electrons. The molecule has 14 atom stereocenters. The standard InChI is InChI=1S/C71H126N10O14/c1-24-26-27-30-47(13)62(84)59-64(86)73-53(25-2)69(91)75(18)50(16)67(89)80(23)61(51(17)95-34-29-28-31-81-32-35-94-36-33-81)58(83)41-52(45(9)10)68(90)76(19)54(37-42(3)4)57(82)40-48(14)63(85)72-49(15)66(88)77(20)55(38-43(5)6)70(92)78(21)56(39-44(7)8)71(93)79(22)60(46(11)12)65(87)74-59/h26-27,42-56,59-62,84H,24-25,28-41H2,1-23H3,(H,72,85)(H,73,86)(H,74,87)/b27-26-/t47-,48-,49-,50-,51-,52+,53+,54+,55+,56+,59+,60+,61+,62-/m1/s1. The molecule has 0 spiro atoms. The van der Waals surface area contributed by atoms with E-state index in [9.17, 15) is 43.5 Å². The maximum atomic E-state index is 15.2. The Balaban J connectivity index is 2.98. The minimum absolute atomic E-state index is 0.00179. The highest BCUT2D eigenvalue weighted by molar-refractivity contribution is 6.00. The highest BCUT2D eigenvalue weighted by Gasteiger charge is 2.45. The maximum Gasteiger partial charge on any atom is 0.245 e. The minimum Gasteiger partial charge on any atom is -0.390 e. The second-order valence-corrected chi connectivity index (χ2v) is 29.0. The van der Waals surface area contributed by atoms with E-state index in [0.29, 0.717) is 32.5 Å². The number of ether oxygens (including phenoxy) is 2. The van der Waals surface area contributed by atoms with Gasteiger partial charge < -0.3 is 59.9 Å². The largest absolute Gasteiger partial charge is 0.390 e. The third-order valence-electron chi connectivity index (χ3n) is 19.0. The summed E-state index contributed by atoms with van der Waals surface area (Å²) in [5.74, 6) is -11.0. The van der Waals surface area contributed by atoms with Crippen LogP contribution in [-0.4, -0.2) is 252 Å². The summed E-state index contributed by atoms with van der Waals surface area (Å²) in [4.78, 5) is 173. The molecule has 24 nitrogen and oxygen atoms in total.